The van der Waals surface area contributed by atoms with Gasteiger partial charge in [-0.05, 0) is 68.1 Å². The van der Waals surface area contributed by atoms with Gasteiger partial charge in [-0.25, -0.2) is 9.18 Å². The van der Waals surface area contributed by atoms with Gasteiger partial charge >= 0.3 is 6.09 Å². The van der Waals surface area contributed by atoms with Gasteiger partial charge in [-0.2, -0.15) is 0 Å². The van der Waals surface area contributed by atoms with Crippen LogP contribution in [0.5, 0.6) is 0 Å². The van der Waals surface area contributed by atoms with E-state index in [1.165, 1.54) is 7.05 Å². The molecule has 1 heterocycles. The number of ether oxygens (including phenoxy) is 1. The van der Waals surface area contributed by atoms with Crippen molar-refractivity contribution in [3.8, 4) is 22.4 Å². The first-order valence-electron chi connectivity index (χ1n) is 13.6. The lowest BCUT2D eigenvalue weighted by Crippen LogP contribution is -2.43. The number of pyridine rings is 1. The van der Waals surface area contributed by atoms with Crippen molar-refractivity contribution in [1.82, 2.24) is 10.3 Å². The minimum Gasteiger partial charge on any atom is -0.446 e. The minimum absolute atomic E-state index is 0.234. The maximum Gasteiger partial charge on any atom is 0.407 e. The van der Waals surface area contributed by atoms with Crippen molar-refractivity contribution in [2.24, 2.45) is 11.7 Å². The first-order valence-corrected chi connectivity index (χ1v) is 13.6. The molecule has 204 valence electrons. The minimum atomic E-state index is -1.66. The average Bonchev–Trinajstić information content (AvgIpc) is 2.96. The average molecular weight is 531 g/mol. The molecule has 0 aliphatic heterocycles. The van der Waals surface area contributed by atoms with E-state index in [9.17, 15) is 9.59 Å². The number of carbonyl (C=O) groups excluding carboxylic acids is 2. The summed E-state index contributed by atoms with van der Waals surface area (Å²) in [5.41, 5.74) is 11.3. The molecule has 39 heavy (non-hydrogen) atoms. The number of benzene rings is 2. The Morgan fingerprint density at radius 3 is 2.33 bits per heavy atom. The third-order valence-electron chi connectivity index (χ3n) is 8.08. The Morgan fingerprint density at radius 1 is 1.03 bits per heavy atom. The van der Waals surface area contributed by atoms with Crippen molar-refractivity contribution < 1.29 is 18.7 Å². The monoisotopic (exact) mass is 530 g/mol. The molecular formula is C31H35FN4O3. The van der Waals surface area contributed by atoms with Crippen molar-refractivity contribution in [3.05, 3.63) is 72.4 Å². The van der Waals surface area contributed by atoms with Gasteiger partial charge in [-0.3, -0.25) is 9.78 Å². The molecule has 1 aromatic heterocycles. The zero-order valence-corrected chi connectivity index (χ0v) is 22.2. The van der Waals surface area contributed by atoms with Gasteiger partial charge in [0.05, 0.1) is 17.6 Å². The first-order chi connectivity index (χ1) is 18.9. The smallest absolute Gasteiger partial charge is 0.407 e. The second-order valence-corrected chi connectivity index (χ2v) is 10.7. The van der Waals surface area contributed by atoms with Crippen molar-refractivity contribution in [2.75, 3.05) is 12.4 Å². The molecule has 0 radical (unpaired) electrons. The first kappa shape index (κ1) is 26.8. The van der Waals surface area contributed by atoms with Gasteiger partial charge in [0.25, 0.3) is 5.91 Å². The molecule has 2 aromatic carbocycles. The Kier molecular flexibility index (Phi) is 7.93. The fourth-order valence-corrected chi connectivity index (χ4v) is 5.54. The highest BCUT2D eigenvalue weighted by Crippen LogP contribution is 2.40. The molecular weight excluding hydrogens is 495 g/mol. The molecule has 0 saturated heterocycles. The zero-order valence-electron chi connectivity index (χ0n) is 22.2. The molecule has 2 aliphatic carbocycles. The Balaban J connectivity index is 1.32. The number of aromatic nitrogens is 1. The third kappa shape index (κ3) is 5.96. The number of hydrogen-bond donors (Lipinski definition) is 3. The van der Waals surface area contributed by atoms with Gasteiger partial charge < -0.3 is 21.1 Å². The van der Waals surface area contributed by atoms with E-state index >= 15 is 4.39 Å². The van der Waals surface area contributed by atoms with Gasteiger partial charge in [-0.1, -0.05) is 54.6 Å². The zero-order chi connectivity index (χ0) is 27.4. The molecule has 2 fully saturated rings. The number of alkyl halides is 1. The Morgan fingerprint density at radius 2 is 1.72 bits per heavy atom. The number of anilines is 1. The van der Waals surface area contributed by atoms with Crippen molar-refractivity contribution >= 4 is 17.7 Å². The van der Waals surface area contributed by atoms with Crippen molar-refractivity contribution in [2.45, 2.75) is 62.8 Å². The van der Waals surface area contributed by atoms with Gasteiger partial charge in [-0.15, -0.1) is 0 Å². The van der Waals surface area contributed by atoms with Crippen LogP contribution in [0.15, 0.2) is 66.9 Å². The Labute approximate surface area is 228 Å². The summed E-state index contributed by atoms with van der Waals surface area (Å²) in [4.78, 5) is 29.0. The highest BCUT2D eigenvalue weighted by Gasteiger charge is 2.35. The number of carbonyl (C=O) groups is 2. The summed E-state index contributed by atoms with van der Waals surface area (Å²) in [6.07, 6.45) is 4.33. The lowest BCUT2D eigenvalue weighted by Gasteiger charge is -2.38. The Hall–Kier alpha value is -3.78. The van der Waals surface area contributed by atoms with Crippen LogP contribution in [0, 0.1) is 5.92 Å². The molecule has 0 bridgehead atoms. The van der Waals surface area contributed by atoms with Crippen LogP contribution in [0.3, 0.4) is 0 Å². The van der Waals surface area contributed by atoms with Gasteiger partial charge in [0.1, 0.15) is 6.10 Å². The lowest BCUT2D eigenvalue weighted by atomic mass is 9.72. The largest absolute Gasteiger partial charge is 0.446 e. The maximum absolute atomic E-state index is 15.2. The SMILES string of the molecule is CNC(=O)OC1CCC(C(F)C(=O)Nc2cnc(-c3ccc(C4(N)CCC4)cc3)c(-c3ccccc3)c2)CC1. The number of hydrogen-bond acceptors (Lipinski definition) is 5. The number of amides is 2. The molecule has 2 saturated carbocycles. The van der Waals surface area contributed by atoms with Crippen LogP contribution in [-0.2, 0) is 15.1 Å². The second-order valence-electron chi connectivity index (χ2n) is 10.7. The summed E-state index contributed by atoms with van der Waals surface area (Å²) in [6, 6.07) is 19.9. The van der Waals surface area contributed by atoms with Crippen LogP contribution in [-0.4, -0.2) is 36.3 Å². The normalized spacial score (nSPS) is 20.8. The number of nitrogens with zero attached hydrogens (tertiary/aromatic N) is 1. The molecule has 1 unspecified atom stereocenters. The summed E-state index contributed by atoms with van der Waals surface area (Å²) in [5, 5.41) is 5.16. The molecule has 5 rings (SSSR count). The highest BCUT2D eigenvalue weighted by molar-refractivity contribution is 5.95. The van der Waals surface area contributed by atoms with Gasteiger partial charge in [0.2, 0.25) is 0 Å². The number of rotatable bonds is 7. The van der Waals surface area contributed by atoms with Gasteiger partial charge in [0.15, 0.2) is 6.17 Å². The fraction of sp³-hybridized carbons (Fsp3) is 0.387. The standard InChI is InChI=1S/C31H35FN4O3/c1-34-30(38)39-25-14-10-21(11-15-25)27(32)29(37)36-24-18-26(20-6-3-2-4-7-20)28(35-19-24)22-8-12-23(13-9-22)31(33)16-5-17-31/h2-4,6-9,12-13,18-19,21,25,27H,5,10-11,14-17,33H2,1H3,(H,34,38)(H,36,37). The second kappa shape index (κ2) is 11.5. The molecule has 0 spiro atoms. The number of halogens is 1. The summed E-state index contributed by atoms with van der Waals surface area (Å²) in [5.74, 6) is -1.10. The molecule has 4 N–H and O–H groups in total. The number of nitrogens with two attached hydrogens (primary N) is 1. The number of alkyl carbamates (subject to hydrolysis) is 1. The fourth-order valence-electron chi connectivity index (χ4n) is 5.54. The van der Waals surface area contributed by atoms with Crippen LogP contribution in [0.4, 0.5) is 14.9 Å². The summed E-state index contributed by atoms with van der Waals surface area (Å²) in [7, 11) is 1.50. The van der Waals surface area contributed by atoms with E-state index in [-0.39, 0.29) is 11.6 Å². The molecule has 2 aliphatic rings. The van der Waals surface area contributed by atoms with E-state index in [2.05, 4.69) is 22.8 Å². The maximum atomic E-state index is 15.2. The van der Waals surface area contributed by atoms with Crippen LogP contribution < -0.4 is 16.4 Å². The predicted octanol–water partition coefficient (Wildman–Crippen LogP) is 5.94. The highest BCUT2D eigenvalue weighted by atomic mass is 19.1. The lowest BCUT2D eigenvalue weighted by molar-refractivity contribution is -0.123. The third-order valence-corrected chi connectivity index (χ3v) is 8.08. The molecule has 3 aromatic rings. The van der Waals surface area contributed by atoms with Crippen LogP contribution in [0.25, 0.3) is 22.4 Å². The van der Waals surface area contributed by atoms with E-state index in [1.54, 1.807) is 6.20 Å². The molecule has 8 heteroatoms. The Bertz CT molecular complexity index is 1300. The van der Waals surface area contributed by atoms with Crippen LogP contribution >= 0.6 is 0 Å². The van der Waals surface area contributed by atoms with E-state index in [0.717, 1.165) is 47.2 Å². The van der Waals surface area contributed by atoms with E-state index in [4.69, 9.17) is 15.5 Å². The quantitative estimate of drug-likeness (QED) is 0.350. The van der Waals surface area contributed by atoms with Crippen molar-refractivity contribution in [1.29, 1.82) is 0 Å². The molecule has 1 atom stereocenters. The molecule has 7 nitrogen and oxygen atoms in total. The van der Waals surface area contributed by atoms with E-state index in [0.29, 0.717) is 31.4 Å². The van der Waals surface area contributed by atoms with Crippen molar-refractivity contribution in [3.63, 3.8) is 0 Å². The van der Waals surface area contributed by atoms with Crippen LogP contribution in [0.2, 0.25) is 0 Å². The summed E-state index contributed by atoms with van der Waals surface area (Å²) < 4.78 is 20.5. The van der Waals surface area contributed by atoms with E-state index in [1.807, 2.05) is 48.5 Å². The summed E-state index contributed by atoms with van der Waals surface area (Å²) >= 11 is 0. The van der Waals surface area contributed by atoms with Gasteiger partial charge in [0, 0.05) is 23.7 Å². The predicted molar refractivity (Wildman–Crippen MR) is 150 cm³/mol. The topological polar surface area (TPSA) is 106 Å². The molecule has 2 amide bonds. The van der Waals surface area contributed by atoms with Crippen LogP contribution in [0.1, 0.15) is 50.5 Å². The number of nitrogens with one attached hydrogen (secondary N) is 2. The summed E-state index contributed by atoms with van der Waals surface area (Å²) in [6.45, 7) is 0. The van der Waals surface area contributed by atoms with E-state index < -0.39 is 24.1 Å².